The molecular weight excluding hydrogens is 180 g/mol. The number of aryl methyl sites for hydroxylation is 2. The molecule has 0 saturated heterocycles. The Morgan fingerprint density at radius 1 is 1.20 bits per heavy atom. The molecule has 0 N–H and O–H groups in total. The average molecular weight is 202 g/mol. The number of benzene rings is 1. The van der Waals surface area contributed by atoms with Gasteiger partial charge in [-0.2, -0.15) is 0 Å². The van der Waals surface area contributed by atoms with E-state index in [4.69, 9.17) is 0 Å². The zero-order valence-electron chi connectivity index (χ0n) is 10.6. The van der Waals surface area contributed by atoms with E-state index < -0.39 is 0 Å². The molecule has 0 nitrogen and oxygen atoms in total. The van der Waals surface area contributed by atoms with Gasteiger partial charge in [-0.1, -0.05) is 56.7 Å². The van der Waals surface area contributed by atoms with Gasteiger partial charge in [-0.3, -0.25) is 0 Å². The van der Waals surface area contributed by atoms with Crippen molar-refractivity contribution in [2.75, 3.05) is 0 Å². The highest BCUT2D eigenvalue weighted by Crippen LogP contribution is 2.27. The van der Waals surface area contributed by atoms with Crippen LogP contribution in [0.1, 0.15) is 37.5 Å². The molecule has 1 rings (SSSR count). The zero-order chi connectivity index (χ0) is 11.6. The van der Waals surface area contributed by atoms with Crippen LogP contribution in [0.25, 0.3) is 0 Å². The highest BCUT2D eigenvalue weighted by molar-refractivity contribution is 5.33. The minimum Gasteiger partial charge on any atom is -0.0990 e. The highest BCUT2D eigenvalue weighted by atomic mass is 14.2. The Hall–Kier alpha value is -1.04. The zero-order valence-corrected chi connectivity index (χ0v) is 10.6. The van der Waals surface area contributed by atoms with Crippen LogP contribution < -0.4 is 0 Å². The average Bonchev–Trinajstić information content (AvgIpc) is 2.08. The molecule has 0 radical (unpaired) electrons. The Morgan fingerprint density at radius 2 is 1.80 bits per heavy atom. The summed E-state index contributed by atoms with van der Waals surface area (Å²) in [6, 6.07) is 6.64. The van der Waals surface area contributed by atoms with E-state index in [0.29, 0.717) is 0 Å². The van der Waals surface area contributed by atoms with E-state index in [0.717, 1.165) is 6.42 Å². The first-order chi connectivity index (χ1) is 6.80. The van der Waals surface area contributed by atoms with Crippen molar-refractivity contribution in [3.05, 3.63) is 47.0 Å². The number of allylic oxidation sites excluding steroid dienone is 1. The largest absolute Gasteiger partial charge is 0.0990 e. The van der Waals surface area contributed by atoms with E-state index in [1.807, 2.05) is 0 Å². The Kier molecular flexibility index (Phi) is 3.38. The lowest BCUT2D eigenvalue weighted by Gasteiger charge is -2.22. The van der Waals surface area contributed by atoms with Crippen molar-refractivity contribution in [2.45, 2.75) is 41.0 Å². The molecule has 0 aliphatic carbocycles. The van der Waals surface area contributed by atoms with E-state index >= 15 is 0 Å². The van der Waals surface area contributed by atoms with Crippen molar-refractivity contribution >= 4 is 0 Å². The van der Waals surface area contributed by atoms with Gasteiger partial charge in [0, 0.05) is 0 Å². The summed E-state index contributed by atoms with van der Waals surface area (Å²) >= 11 is 0. The predicted octanol–water partition coefficient (Wildman–Crippen LogP) is 4.45. The maximum absolute atomic E-state index is 4.18. The number of hydrogen-bond acceptors (Lipinski definition) is 0. The van der Waals surface area contributed by atoms with Crippen LogP contribution in [0.4, 0.5) is 0 Å². The summed E-state index contributed by atoms with van der Waals surface area (Å²) < 4.78 is 0. The lowest BCUT2D eigenvalue weighted by Crippen LogP contribution is -2.11. The molecule has 1 aromatic carbocycles. The summed E-state index contributed by atoms with van der Waals surface area (Å²) in [6.45, 7) is 15.2. The SMILES string of the molecule is C=C(Cc1ccc(C)cc1C)C(C)(C)C. The van der Waals surface area contributed by atoms with E-state index in [1.165, 1.54) is 22.3 Å². The van der Waals surface area contributed by atoms with E-state index in [-0.39, 0.29) is 5.41 Å². The molecule has 82 valence electrons. The minimum absolute atomic E-state index is 0.206. The van der Waals surface area contributed by atoms with Gasteiger partial charge in [0.05, 0.1) is 0 Å². The molecule has 0 aliphatic heterocycles. The molecule has 0 saturated carbocycles. The summed E-state index contributed by atoms with van der Waals surface area (Å²) in [4.78, 5) is 0. The summed E-state index contributed by atoms with van der Waals surface area (Å²) in [7, 11) is 0. The molecule has 0 unspecified atom stereocenters. The highest BCUT2D eigenvalue weighted by Gasteiger charge is 2.15. The minimum atomic E-state index is 0.206. The third-order valence-corrected chi connectivity index (χ3v) is 2.96. The summed E-state index contributed by atoms with van der Waals surface area (Å²) in [5, 5.41) is 0. The van der Waals surface area contributed by atoms with Crippen molar-refractivity contribution in [1.82, 2.24) is 0 Å². The molecular formula is C15H22. The van der Waals surface area contributed by atoms with E-state index in [2.05, 4.69) is 59.4 Å². The first-order valence-electron chi connectivity index (χ1n) is 5.55. The summed E-state index contributed by atoms with van der Waals surface area (Å²) in [5.41, 5.74) is 5.62. The van der Waals surface area contributed by atoms with Gasteiger partial charge < -0.3 is 0 Å². The Morgan fingerprint density at radius 3 is 2.27 bits per heavy atom. The van der Waals surface area contributed by atoms with Gasteiger partial charge in [-0.25, -0.2) is 0 Å². The van der Waals surface area contributed by atoms with Gasteiger partial charge in [0.15, 0.2) is 0 Å². The van der Waals surface area contributed by atoms with Crippen LogP contribution in [0, 0.1) is 19.3 Å². The third kappa shape index (κ3) is 3.23. The van der Waals surface area contributed by atoms with Gasteiger partial charge in [-0.05, 0) is 36.8 Å². The first kappa shape index (κ1) is 12.0. The lowest BCUT2D eigenvalue weighted by molar-refractivity contribution is 0.493. The second-order valence-corrected chi connectivity index (χ2v) is 5.46. The van der Waals surface area contributed by atoms with Crippen LogP contribution in [0.2, 0.25) is 0 Å². The van der Waals surface area contributed by atoms with Crippen molar-refractivity contribution < 1.29 is 0 Å². The molecule has 0 atom stereocenters. The van der Waals surface area contributed by atoms with Crippen LogP contribution in [0.3, 0.4) is 0 Å². The molecule has 0 fully saturated rings. The Labute approximate surface area is 94.0 Å². The topological polar surface area (TPSA) is 0 Å². The van der Waals surface area contributed by atoms with Gasteiger partial charge in [-0.15, -0.1) is 0 Å². The molecule has 15 heavy (non-hydrogen) atoms. The van der Waals surface area contributed by atoms with Gasteiger partial charge in [0.2, 0.25) is 0 Å². The maximum Gasteiger partial charge on any atom is -0.00619 e. The molecule has 1 aromatic rings. The van der Waals surface area contributed by atoms with Crippen molar-refractivity contribution in [1.29, 1.82) is 0 Å². The fourth-order valence-corrected chi connectivity index (χ4v) is 1.54. The standard InChI is InChI=1S/C15H22/c1-11-7-8-14(12(2)9-11)10-13(3)15(4,5)6/h7-9H,3,10H2,1-2,4-6H3. The van der Waals surface area contributed by atoms with Crippen molar-refractivity contribution in [2.24, 2.45) is 5.41 Å². The summed E-state index contributed by atoms with van der Waals surface area (Å²) in [5.74, 6) is 0. The fraction of sp³-hybridized carbons (Fsp3) is 0.467. The van der Waals surface area contributed by atoms with Crippen LogP contribution in [0.15, 0.2) is 30.4 Å². The van der Waals surface area contributed by atoms with Gasteiger partial charge in [0.25, 0.3) is 0 Å². The smallest absolute Gasteiger partial charge is 0.00619 e. The quantitative estimate of drug-likeness (QED) is 0.622. The molecule has 0 bridgehead atoms. The van der Waals surface area contributed by atoms with E-state index in [9.17, 15) is 0 Å². The van der Waals surface area contributed by atoms with Gasteiger partial charge in [0.1, 0.15) is 0 Å². The summed E-state index contributed by atoms with van der Waals surface area (Å²) in [6.07, 6.45) is 0.996. The third-order valence-electron chi connectivity index (χ3n) is 2.96. The monoisotopic (exact) mass is 202 g/mol. The molecule has 0 amide bonds. The molecule has 0 spiro atoms. The Balaban J connectivity index is 2.87. The number of rotatable bonds is 2. The van der Waals surface area contributed by atoms with E-state index in [1.54, 1.807) is 0 Å². The predicted molar refractivity (Wildman–Crippen MR) is 68.2 cm³/mol. The van der Waals surface area contributed by atoms with Crippen molar-refractivity contribution in [3.8, 4) is 0 Å². The lowest BCUT2D eigenvalue weighted by atomic mass is 9.83. The first-order valence-corrected chi connectivity index (χ1v) is 5.55. The number of hydrogen-bond donors (Lipinski definition) is 0. The van der Waals surface area contributed by atoms with Crippen LogP contribution in [-0.2, 0) is 6.42 Å². The second-order valence-electron chi connectivity index (χ2n) is 5.46. The van der Waals surface area contributed by atoms with Crippen LogP contribution in [-0.4, -0.2) is 0 Å². The fourth-order valence-electron chi connectivity index (χ4n) is 1.54. The Bertz CT molecular complexity index is 364. The normalized spacial score (nSPS) is 11.5. The van der Waals surface area contributed by atoms with Crippen LogP contribution >= 0.6 is 0 Å². The molecule has 0 heteroatoms. The maximum atomic E-state index is 4.18. The van der Waals surface area contributed by atoms with Crippen LogP contribution in [0.5, 0.6) is 0 Å². The molecule has 0 aliphatic rings. The molecule has 0 heterocycles. The van der Waals surface area contributed by atoms with Gasteiger partial charge >= 0.3 is 0 Å². The molecule has 0 aromatic heterocycles. The second kappa shape index (κ2) is 4.22. The van der Waals surface area contributed by atoms with Crippen molar-refractivity contribution in [3.63, 3.8) is 0 Å².